The van der Waals surface area contributed by atoms with Crippen LogP contribution in [0.4, 0.5) is 0 Å². The molecule has 0 aliphatic rings. The molecule has 7 nitrogen and oxygen atoms in total. The minimum atomic E-state index is -4.20. The summed E-state index contributed by atoms with van der Waals surface area (Å²) in [7, 11) is -8.39. The van der Waals surface area contributed by atoms with E-state index in [0.717, 1.165) is 23.5 Å². The average Bonchev–Trinajstić information content (AvgIpc) is 2.99. The predicted octanol–water partition coefficient (Wildman–Crippen LogP) is 1.74. The number of benzene rings is 2. The molecule has 0 amide bonds. The summed E-state index contributed by atoms with van der Waals surface area (Å²) in [5.74, 6) is 0. The van der Waals surface area contributed by atoms with Gasteiger partial charge in [-0.3, -0.25) is 0 Å². The minimum absolute atomic E-state index is 0.101. The number of rotatable bonds is 4. The van der Waals surface area contributed by atoms with E-state index in [1.807, 2.05) is 0 Å². The second-order valence-corrected chi connectivity index (χ2v) is 9.44. The third-order valence-electron chi connectivity index (χ3n) is 3.87. The first-order chi connectivity index (χ1) is 12.1. The maximum Gasteiger partial charge on any atom is 0.356 e. The van der Waals surface area contributed by atoms with Crippen molar-refractivity contribution in [2.24, 2.45) is 0 Å². The lowest BCUT2D eigenvalue weighted by molar-refractivity contribution is 0.581. The fraction of sp³-hybridized carbons (Fsp3) is 0.118. The molecular formula is C17H16N2O5S2. The monoisotopic (exact) mass is 392 g/mol. The summed E-state index contributed by atoms with van der Waals surface area (Å²) >= 11 is 0. The Morgan fingerprint density at radius 3 is 1.23 bits per heavy atom. The van der Waals surface area contributed by atoms with E-state index in [4.69, 9.17) is 0 Å². The van der Waals surface area contributed by atoms with Gasteiger partial charge in [0.05, 0.1) is 9.79 Å². The number of aromatic nitrogens is 2. The molecule has 0 saturated heterocycles. The summed E-state index contributed by atoms with van der Waals surface area (Å²) in [6.45, 7) is 3.60. The van der Waals surface area contributed by atoms with E-state index in [1.165, 1.54) is 24.3 Å². The van der Waals surface area contributed by atoms with Gasteiger partial charge in [0.2, 0.25) is 0 Å². The highest BCUT2D eigenvalue weighted by Crippen LogP contribution is 2.16. The van der Waals surface area contributed by atoms with E-state index >= 15 is 0 Å². The molecule has 0 aliphatic heterocycles. The van der Waals surface area contributed by atoms with Gasteiger partial charge in [0.1, 0.15) is 0 Å². The molecule has 9 heteroatoms. The van der Waals surface area contributed by atoms with Crippen LogP contribution in [0.1, 0.15) is 11.1 Å². The van der Waals surface area contributed by atoms with E-state index in [2.05, 4.69) is 0 Å². The molecule has 0 aliphatic carbocycles. The number of imidazole rings is 1. The maximum absolute atomic E-state index is 12.6. The molecule has 0 spiro atoms. The van der Waals surface area contributed by atoms with E-state index < -0.39 is 25.7 Å². The van der Waals surface area contributed by atoms with Crippen molar-refractivity contribution in [3.63, 3.8) is 0 Å². The highest BCUT2D eigenvalue weighted by atomic mass is 32.2. The van der Waals surface area contributed by atoms with E-state index in [1.54, 1.807) is 38.1 Å². The van der Waals surface area contributed by atoms with Gasteiger partial charge in [0.25, 0.3) is 20.0 Å². The summed E-state index contributed by atoms with van der Waals surface area (Å²) < 4.78 is 51.4. The zero-order chi connectivity index (χ0) is 19.1. The maximum atomic E-state index is 12.6. The third kappa shape index (κ3) is 2.99. The molecule has 0 N–H and O–H groups in total. The fourth-order valence-corrected chi connectivity index (χ4v) is 4.84. The van der Waals surface area contributed by atoms with Gasteiger partial charge < -0.3 is 0 Å². The van der Waals surface area contributed by atoms with Gasteiger partial charge in [-0.2, -0.15) is 7.94 Å². The highest BCUT2D eigenvalue weighted by Gasteiger charge is 2.26. The Bertz CT molecular complexity index is 1120. The van der Waals surface area contributed by atoms with Crippen molar-refractivity contribution < 1.29 is 16.8 Å². The van der Waals surface area contributed by atoms with Crippen LogP contribution in [0, 0.1) is 13.8 Å². The normalized spacial score (nSPS) is 12.2. The van der Waals surface area contributed by atoms with E-state index in [9.17, 15) is 21.6 Å². The largest absolute Gasteiger partial charge is 0.356 e. The first-order valence-electron chi connectivity index (χ1n) is 7.58. The average molecular weight is 392 g/mol. The Morgan fingerprint density at radius 2 is 0.923 bits per heavy atom. The van der Waals surface area contributed by atoms with Crippen LogP contribution in [0.5, 0.6) is 0 Å². The number of nitrogens with zero attached hydrogens (tertiary/aromatic N) is 2. The predicted molar refractivity (Wildman–Crippen MR) is 96.2 cm³/mol. The summed E-state index contributed by atoms with van der Waals surface area (Å²) in [6, 6.07) is 11.8. The van der Waals surface area contributed by atoms with Gasteiger partial charge in [-0.1, -0.05) is 35.4 Å². The van der Waals surface area contributed by atoms with Crippen LogP contribution in [0.3, 0.4) is 0 Å². The molecule has 26 heavy (non-hydrogen) atoms. The van der Waals surface area contributed by atoms with Crippen LogP contribution < -0.4 is 5.69 Å². The molecule has 136 valence electrons. The van der Waals surface area contributed by atoms with Crippen molar-refractivity contribution in [1.29, 1.82) is 0 Å². The second-order valence-electron chi connectivity index (χ2n) is 5.81. The standard InChI is InChI=1S/C17H16N2O5S2/c1-13-3-7-15(8-4-13)25(21,22)18-11-12-19(17(18)20)26(23,24)16-9-5-14(2)6-10-16/h3-12H,1-2H3. The third-order valence-corrected chi connectivity index (χ3v) is 7.20. The molecule has 3 aromatic rings. The van der Waals surface area contributed by atoms with Crippen molar-refractivity contribution in [3.8, 4) is 0 Å². The number of hydrogen-bond acceptors (Lipinski definition) is 5. The summed E-state index contributed by atoms with van der Waals surface area (Å²) in [6.07, 6.45) is 1.87. The highest BCUT2D eigenvalue weighted by molar-refractivity contribution is 7.90. The van der Waals surface area contributed by atoms with Gasteiger partial charge in [-0.25, -0.2) is 21.6 Å². The molecule has 0 radical (unpaired) electrons. The fourth-order valence-electron chi connectivity index (χ4n) is 2.36. The number of aryl methyl sites for hydroxylation is 2. The van der Waals surface area contributed by atoms with Crippen molar-refractivity contribution >= 4 is 20.0 Å². The molecular weight excluding hydrogens is 376 g/mol. The first-order valence-corrected chi connectivity index (χ1v) is 10.5. The lowest BCUT2D eigenvalue weighted by Crippen LogP contribution is -2.32. The molecule has 0 atom stereocenters. The molecule has 0 saturated carbocycles. The minimum Gasteiger partial charge on any atom is -0.245 e. The Labute approximate surface area is 151 Å². The lowest BCUT2D eigenvalue weighted by Gasteiger charge is -2.06. The first kappa shape index (κ1) is 18.2. The molecule has 0 unspecified atom stereocenters. The Morgan fingerprint density at radius 1 is 0.615 bits per heavy atom. The van der Waals surface area contributed by atoms with Gasteiger partial charge in [-0.15, -0.1) is 0 Å². The number of hydrogen-bond donors (Lipinski definition) is 0. The molecule has 2 aromatic carbocycles. The molecule has 1 heterocycles. The Kier molecular flexibility index (Phi) is 4.37. The van der Waals surface area contributed by atoms with E-state index in [0.29, 0.717) is 7.94 Å². The molecule has 0 fully saturated rings. The van der Waals surface area contributed by atoms with Crippen LogP contribution >= 0.6 is 0 Å². The van der Waals surface area contributed by atoms with Gasteiger partial charge in [0.15, 0.2) is 0 Å². The van der Waals surface area contributed by atoms with Crippen LogP contribution in [-0.4, -0.2) is 24.8 Å². The van der Waals surface area contributed by atoms with Gasteiger partial charge in [-0.05, 0) is 38.1 Å². The topological polar surface area (TPSA) is 95.2 Å². The van der Waals surface area contributed by atoms with Crippen LogP contribution in [0.15, 0.2) is 75.5 Å². The summed E-state index contributed by atoms with van der Waals surface area (Å²) in [4.78, 5) is 12.3. The Hall–Kier alpha value is -2.65. The summed E-state index contributed by atoms with van der Waals surface area (Å²) in [5.41, 5.74) is 0.540. The van der Waals surface area contributed by atoms with Crippen molar-refractivity contribution in [1.82, 2.24) is 7.94 Å². The zero-order valence-corrected chi connectivity index (χ0v) is 15.7. The van der Waals surface area contributed by atoms with E-state index in [-0.39, 0.29) is 9.79 Å². The van der Waals surface area contributed by atoms with Crippen LogP contribution in [0.2, 0.25) is 0 Å². The quantitative estimate of drug-likeness (QED) is 0.674. The second kappa shape index (κ2) is 6.26. The molecule has 3 rings (SSSR count). The van der Waals surface area contributed by atoms with Gasteiger partial charge >= 0.3 is 5.69 Å². The van der Waals surface area contributed by atoms with Gasteiger partial charge in [0, 0.05) is 12.4 Å². The SMILES string of the molecule is Cc1ccc(S(=O)(=O)n2ccn(S(=O)(=O)c3ccc(C)cc3)c2=O)cc1. The lowest BCUT2D eigenvalue weighted by atomic mass is 10.2. The van der Waals surface area contributed by atoms with Crippen molar-refractivity contribution in [3.05, 3.63) is 82.5 Å². The summed E-state index contributed by atoms with van der Waals surface area (Å²) in [5, 5.41) is 0. The smallest absolute Gasteiger partial charge is 0.245 e. The zero-order valence-electron chi connectivity index (χ0n) is 14.0. The molecule has 0 bridgehead atoms. The van der Waals surface area contributed by atoms with Crippen LogP contribution in [0.25, 0.3) is 0 Å². The van der Waals surface area contributed by atoms with Crippen LogP contribution in [-0.2, 0) is 20.0 Å². The van der Waals surface area contributed by atoms with Crippen molar-refractivity contribution in [2.75, 3.05) is 0 Å². The van der Waals surface area contributed by atoms with Crippen molar-refractivity contribution in [2.45, 2.75) is 23.6 Å². The Balaban J connectivity index is 2.12. The molecule has 1 aromatic heterocycles.